The Morgan fingerprint density at radius 2 is 1.81 bits per heavy atom. The number of rotatable bonds is 6. The SMILES string of the molecule is COc1ccc(C(=O)N(C)C)cc1NC(=O)NCCc1ccc(F)cc1. The molecule has 2 aromatic carbocycles. The highest BCUT2D eigenvalue weighted by molar-refractivity contribution is 5.97. The van der Waals surface area contributed by atoms with Crippen LogP contribution >= 0.6 is 0 Å². The minimum absolute atomic E-state index is 0.174. The summed E-state index contributed by atoms with van der Waals surface area (Å²) in [5.41, 5.74) is 1.76. The predicted octanol–water partition coefficient (Wildman–Crippen LogP) is 2.90. The lowest BCUT2D eigenvalue weighted by molar-refractivity contribution is 0.0827. The van der Waals surface area contributed by atoms with Crippen molar-refractivity contribution in [2.45, 2.75) is 6.42 Å². The molecule has 26 heavy (non-hydrogen) atoms. The van der Waals surface area contributed by atoms with Crippen LogP contribution in [0.25, 0.3) is 0 Å². The van der Waals surface area contributed by atoms with Gasteiger partial charge in [-0.3, -0.25) is 4.79 Å². The van der Waals surface area contributed by atoms with Crippen LogP contribution in [0.1, 0.15) is 15.9 Å². The Hall–Kier alpha value is -3.09. The van der Waals surface area contributed by atoms with Crippen molar-refractivity contribution in [3.8, 4) is 5.75 Å². The predicted molar refractivity (Wildman–Crippen MR) is 98.1 cm³/mol. The second-order valence-electron chi connectivity index (χ2n) is 5.87. The lowest BCUT2D eigenvalue weighted by Crippen LogP contribution is -2.30. The molecule has 2 aromatic rings. The summed E-state index contributed by atoms with van der Waals surface area (Å²) < 4.78 is 18.1. The Morgan fingerprint density at radius 1 is 1.12 bits per heavy atom. The first-order valence-corrected chi connectivity index (χ1v) is 8.09. The van der Waals surface area contributed by atoms with E-state index in [1.165, 1.54) is 24.1 Å². The third kappa shape index (κ3) is 5.20. The number of nitrogens with zero attached hydrogens (tertiary/aromatic N) is 1. The van der Waals surface area contributed by atoms with Crippen LogP contribution in [0.5, 0.6) is 5.75 Å². The maximum Gasteiger partial charge on any atom is 0.319 e. The molecule has 0 aliphatic rings. The van der Waals surface area contributed by atoms with Gasteiger partial charge in [-0.15, -0.1) is 0 Å². The van der Waals surface area contributed by atoms with Crippen LogP contribution in [0.3, 0.4) is 0 Å². The molecule has 0 spiro atoms. The number of hydrogen-bond donors (Lipinski definition) is 2. The fraction of sp³-hybridized carbons (Fsp3) is 0.263. The van der Waals surface area contributed by atoms with E-state index in [9.17, 15) is 14.0 Å². The van der Waals surface area contributed by atoms with Gasteiger partial charge in [-0.1, -0.05) is 12.1 Å². The van der Waals surface area contributed by atoms with E-state index in [0.717, 1.165) is 5.56 Å². The molecule has 3 amide bonds. The van der Waals surface area contributed by atoms with E-state index >= 15 is 0 Å². The highest BCUT2D eigenvalue weighted by Crippen LogP contribution is 2.25. The maximum absolute atomic E-state index is 12.9. The van der Waals surface area contributed by atoms with Crippen LogP contribution in [-0.4, -0.2) is 44.6 Å². The van der Waals surface area contributed by atoms with Crippen molar-refractivity contribution >= 4 is 17.6 Å². The summed E-state index contributed by atoms with van der Waals surface area (Å²) in [6.45, 7) is 0.385. The van der Waals surface area contributed by atoms with Gasteiger partial charge in [0.15, 0.2) is 0 Å². The zero-order valence-corrected chi connectivity index (χ0v) is 15.0. The minimum atomic E-state index is -0.417. The highest BCUT2D eigenvalue weighted by Gasteiger charge is 2.13. The normalized spacial score (nSPS) is 10.2. The van der Waals surface area contributed by atoms with Gasteiger partial charge in [0.1, 0.15) is 11.6 Å². The first-order chi connectivity index (χ1) is 12.4. The molecule has 0 saturated carbocycles. The molecule has 0 heterocycles. The number of ether oxygens (including phenoxy) is 1. The molecule has 0 fully saturated rings. The Bertz CT molecular complexity index is 776. The molecular formula is C19H22FN3O3. The molecule has 7 heteroatoms. The molecule has 0 atom stereocenters. The van der Waals surface area contributed by atoms with E-state index in [4.69, 9.17) is 4.74 Å². The summed E-state index contributed by atoms with van der Waals surface area (Å²) in [5.74, 6) is -0.0138. The molecule has 0 aliphatic carbocycles. The van der Waals surface area contributed by atoms with Crippen molar-refractivity contribution in [1.29, 1.82) is 0 Å². The Balaban J connectivity index is 1.97. The molecule has 0 saturated heterocycles. The van der Waals surface area contributed by atoms with E-state index in [-0.39, 0.29) is 11.7 Å². The molecule has 0 bridgehead atoms. The Labute approximate surface area is 152 Å². The fourth-order valence-electron chi connectivity index (χ4n) is 2.33. The molecule has 0 aliphatic heterocycles. The lowest BCUT2D eigenvalue weighted by Gasteiger charge is -2.15. The topological polar surface area (TPSA) is 70.7 Å². The van der Waals surface area contributed by atoms with Crippen LogP contribution in [0.2, 0.25) is 0 Å². The molecule has 0 unspecified atom stereocenters. The van der Waals surface area contributed by atoms with Crippen LogP contribution in [0.15, 0.2) is 42.5 Å². The largest absolute Gasteiger partial charge is 0.495 e. The van der Waals surface area contributed by atoms with Gasteiger partial charge >= 0.3 is 6.03 Å². The number of nitrogens with one attached hydrogen (secondary N) is 2. The van der Waals surface area contributed by atoms with Gasteiger partial charge < -0.3 is 20.3 Å². The number of benzene rings is 2. The number of carbonyl (C=O) groups is 2. The van der Waals surface area contributed by atoms with E-state index in [1.807, 2.05) is 0 Å². The summed E-state index contributed by atoms with van der Waals surface area (Å²) in [4.78, 5) is 25.6. The molecule has 2 rings (SSSR count). The van der Waals surface area contributed by atoms with Gasteiger partial charge in [0.05, 0.1) is 12.8 Å². The summed E-state index contributed by atoms with van der Waals surface area (Å²) in [5, 5.41) is 5.41. The van der Waals surface area contributed by atoms with Crippen molar-refractivity contribution < 1.29 is 18.7 Å². The zero-order valence-electron chi connectivity index (χ0n) is 15.0. The maximum atomic E-state index is 12.9. The third-order valence-corrected chi connectivity index (χ3v) is 3.71. The first-order valence-electron chi connectivity index (χ1n) is 8.09. The van der Waals surface area contributed by atoms with E-state index in [1.54, 1.807) is 44.4 Å². The zero-order chi connectivity index (χ0) is 19.1. The smallest absolute Gasteiger partial charge is 0.319 e. The molecular weight excluding hydrogens is 337 g/mol. The second-order valence-corrected chi connectivity index (χ2v) is 5.87. The molecule has 6 nitrogen and oxygen atoms in total. The van der Waals surface area contributed by atoms with Crippen molar-refractivity contribution in [3.05, 3.63) is 59.4 Å². The Morgan fingerprint density at radius 3 is 2.42 bits per heavy atom. The third-order valence-electron chi connectivity index (χ3n) is 3.71. The van der Waals surface area contributed by atoms with Gasteiger partial charge in [0, 0.05) is 26.2 Å². The number of halogens is 1. The van der Waals surface area contributed by atoms with E-state index in [0.29, 0.717) is 30.0 Å². The van der Waals surface area contributed by atoms with E-state index < -0.39 is 6.03 Å². The van der Waals surface area contributed by atoms with E-state index in [2.05, 4.69) is 10.6 Å². The average molecular weight is 359 g/mol. The monoisotopic (exact) mass is 359 g/mol. The van der Waals surface area contributed by atoms with Gasteiger partial charge in [-0.25, -0.2) is 9.18 Å². The van der Waals surface area contributed by atoms with Gasteiger partial charge in [0.2, 0.25) is 0 Å². The molecule has 138 valence electrons. The van der Waals surface area contributed by atoms with Crippen molar-refractivity contribution in [1.82, 2.24) is 10.2 Å². The number of carbonyl (C=O) groups excluding carboxylic acids is 2. The van der Waals surface area contributed by atoms with Crippen LogP contribution in [-0.2, 0) is 6.42 Å². The molecule has 0 radical (unpaired) electrons. The summed E-state index contributed by atoms with van der Waals surface area (Å²) in [6, 6.07) is 10.5. The highest BCUT2D eigenvalue weighted by atomic mass is 19.1. The fourth-order valence-corrected chi connectivity index (χ4v) is 2.33. The van der Waals surface area contributed by atoms with Gasteiger partial charge in [-0.05, 0) is 42.3 Å². The molecule has 0 aromatic heterocycles. The summed E-state index contributed by atoms with van der Waals surface area (Å²) in [7, 11) is 4.80. The number of methoxy groups -OCH3 is 1. The number of hydrogen-bond acceptors (Lipinski definition) is 3. The van der Waals surface area contributed by atoms with Crippen molar-refractivity contribution in [3.63, 3.8) is 0 Å². The van der Waals surface area contributed by atoms with Crippen LogP contribution < -0.4 is 15.4 Å². The average Bonchev–Trinajstić information content (AvgIpc) is 2.62. The number of amides is 3. The quantitative estimate of drug-likeness (QED) is 0.833. The van der Waals surface area contributed by atoms with Crippen molar-refractivity contribution in [2.75, 3.05) is 33.1 Å². The lowest BCUT2D eigenvalue weighted by atomic mass is 10.1. The van der Waals surface area contributed by atoms with Crippen LogP contribution in [0.4, 0.5) is 14.9 Å². The standard InChI is InChI=1S/C19H22FN3O3/c1-23(2)18(24)14-6-9-17(26-3)16(12-14)22-19(25)21-11-10-13-4-7-15(20)8-5-13/h4-9,12H,10-11H2,1-3H3,(H2,21,22,25). The molecule has 2 N–H and O–H groups in total. The number of anilines is 1. The number of urea groups is 1. The van der Waals surface area contributed by atoms with Gasteiger partial charge in [0.25, 0.3) is 5.91 Å². The first kappa shape index (κ1) is 19.2. The summed E-state index contributed by atoms with van der Waals surface area (Å²) >= 11 is 0. The minimum Gasteiger partial charge on any atom is -0.495 e. The van der Waals surface area contributed by atoms with Crippen molar-refractivity contribution in [2.24, 2.45) is 0 Å². The summed E-state index contributed by atoms with van der Waals surface area (Å²) in [6.07, 6.45) is 0.573. The Kier molecular flexibility index (Phi) is 6.54. The van der Waals surface area contributed by atoms with Gasteiger partial charge in [-0.2, -0.15) is 0 Å². The second kappa shape index (κ2) is 8.84. The van der Waals surface area contributed by atoms with Crippen LogP contribution in [0, 0.1) is 5.82 Å².